The van der Waals surface area contributed by atoms with Gasteiger partial charge in [0, 0.05) is 13.1 Å². The maximum atomic E-state index is 11.8. The molecule has 4 heteroatoms. The summed E-state index contributed by atoms with van der Waals surface area (Å²) in [7, 11) is -2.89. The quantitative estimate of drug-likeness (QED) is 0.835. The zero-order valence-electron chi connectivity index (χ0n) is 9.44. The van der Waals surface area contributed by atoms with E-state index < -0.39 is 9.84 Å². The number of nitrogens with one attached hydrogen (secondary N) is 1. The number of sulfone groups is 1. The van der Waals surface area contributed by atoms with Crippen molar-refractivity contribution in [1.82, 2.24) is 5.32 Å². The molecule has 0 aromatic heterocycles. The molecule has 0 saturated carbocycles. The summed E-state index contributed by atoms with van der Waals surface area (Å²) in [4.78, 5) is 0. The van der Waals surface area contributed by atoms with Crippen LogP contribution in [0.4, 0.5) is 0 Å². The fraction of sp³-hybridized carbons (Fsp3) is 0.500. The first kappa shape index (κ1) is 11.6. The smallest absolute Gasteiger partial charge is 0.155 e. The molecule has 0 aliphatic carbocycles. The molecule has 0 radical (unpaired) electrons. The highest BCUT2D eigenvalue weighted by Crippen LogP contribution is 2.13. The second-order valence-electron chi connectivity index (χ2n) is 4.38. The molecule has 1 unspecified atom stereocenters. The van der Waals surface area contributed by atoms with E-state index in [-0.39, 0.29) is 11.0 Å². The van der Waals surface area contributed by atoms with Crippen LogP contribution in [-0.4, -0.2) is 32.5 Å². The summed E-state index contributed by atoms with van der Waals surface area (Å²) < 4.78 is 23.6. The number of aryl methyl sites for hydroxylation is 1. The molecule has 0 spiro atoms. The van der Waals surface area contributed by atoms with Crippen LogP contribution in [0.2, 0.25) is 0 Å². The zero-order valence-corrected chi connectivity index (χ0v) is 10.3. The average molecular weight is 239 g/mol. The van der Waals surface area contributed by atoms with E-state index in [0.717, 1.165) is 5.56 Å². The Labute approximate surface area is 96.8 Å². The maximum absolute atomic E-state index is 11.8. The molecular weight excluding hydrogens is 222 g/mol. The molecule has 1 fully saturated rings. The molecule has 16 heavy (non-hydrogen) atoms. The van der Waals surface area contributed by atoms with Crippen molar-refractivity contribution in [2.75, 3.05) is 18.8 Å². The molecular formula is C12H17NO2S. The molecule has 3 nitrogen and oxygen atoms in total. The van der Waals surface area contributed by atoms with Crippen molar-refractivity contribution in [2.45, 2.75) is 18.6 Å². The monoisotopic (exact) mass is 239 g/mol. The predicted octanol–water partition coefficient (Wildman–Crippen LogP) is 0.924. The van der Waals surface area contributed by atoms with Crippen LogP contribution in [0.1, 0.15) is 11.1 Å². The van der Waals surface area contributed by atoms with Crippen LogP contribution in [0.5, 0.6) is 0 Å². The van der Waals surface area contributed by atoms with Gasteiger partial charge in [0.2, 0.25) is 0 Å². The van der Waals surface area contributed by atoms with Crippen molar-refractivity contribution >= 4 is 9.84 Å². The fourth-order valence-corrected chi connectivity index (χ4v) is 3.54. The van der Waals surface area contributed by atoms with E-state index in [1.54, 1.807) is 0 Å². The third kappa shape index (κ3) is 2.62. The largest absolute Gasteiger partial charge is 0.314 e. The number of hydrogen-bond donors (Lipinski definition) is 1. The number of benzene rings is 1. The average Bonchev–Trinajstić information content (AvgIpc) is 2.24. The Kier molecular flexibility index (Phi) is 3.30. The SMILES string of the molecule is Cc1ccc(CC2CNCCS2(=O)=O)cc1. The normalized spacial score (nSPS) is 24.2. The Balaban J connectivity index is 2.11. The van der Waals surface area contributed by atoms with Gasteiger partial charge >= 0.3 is 0 Å². The van der Waals surface area contributed by atoms with Crippen molar-refractivity contribution in [3.63, 3.8) is 0 Å². The summed E-state index contributed by atoms with van der Waals surface area (Å²) in [6.45, 7) is 3.20. The lowest BCUT2D eigenvalue weighted by atomic mass is 10.1. The number of hydrogen-bond acceptors (Lipinski definition) is 3. The van der Waals surface area contributed by atoms with Crippen LogP contribution in [0.15, 0.2) is 24.3 Å². The molecule has 0 amide bonds. The van der Waals surface area contributed by atoms with Gasteiger partial charge in [-0.2, -0.15) is 0 Å². The van der Waals surface area contributed by atoms with E-state index in [2.05, 4.69) is 5.32 Å². The first-order chi connectivity index (χ1) is 7.58. The van der Waals surface area contributed by atoms with Crippen LogP contribution >= 0.6 is 0 Å². The zero-order chi connectivity index (χ0) is 11.6. The molecule has 1 atom stereocenters. The van der Waals surface area contributed by atoms with Gasteiger partial charge in [-0.15, -0.1) is 0 Å². The second-order valence-corrected chi connectivity index (χ2v) is 6.78. The molecule has 0 bridgehead atoms. The van der Waals surface area contributed by atoms with Gasteiger partial charge < -0.3 is 5.32 Å². The molecule has 2 rings (SSSR count). The highest BCUT2D eigenvalue weighted by Gasteiger charge is 2.28. The lowest BCUT2D eigenvalue weighted by Gasteiger charge is -2.23. The Bertz CT molecular complexity index is 450. The molecule has 88 valence electrons. The third-order valence-corrected chi connectivity index (χ3v) is 5.15. The molecule has 1 aliphatic heterocycles. The number of rotatable bonds is 2. The summed E-state index contributed by atoms with van der Waals surface area (Å²) in [6.07, 6.45) is 0.621. The minimum absolute atomic E-state index is 0.260. The predicted molar refractivity (Wildman–Crippen MR) is 65.3 cm³/mol. The fourth-order valence-electron chi connectivity index (χ4n) is 1.96. The topological polar surface area (TPSA) is 46.2 Å². The third-order valence-electron chi connectivity index (χ3n) is 3.03. The van der Waals surface area contributed by atoms with Gasteiger partial charge in [0.15, 0.2) is 9.84 Å². The van der Waals surface area contributed by atoms with Gasteiger partial charge in [0.25, 0.3) is 0 Å². The van der Waals surface area contributed by atoms with Gasteiger partial charge in [-0.1, -0.05) is 29.8 Å². The maximum Gasteiger partial charge on any atom is 0.155 e. The van der Waals surface area contributed by atoms with E-state index in [1.165, 1.54) is 5.56 Å². The van der Waals surface area contributed by atoms with Crippen LogP contribution in [0.25, 0.3) is 0 Å². The molecule has 1 aliphatic rings. The van der Waals surface area contributed by atoms with Crippen molar-refractivity contribution in [1.29, 1.82) is 0 Å². The summed E-state index contributed by atoms with van der Waals surface area (Å²) >= 11 is 0. The van der Waals surface area contributed by atoms with Gasteiger partial charge in [-0.05, 0) is 18.9 Å². The van der Waals surface area contributed by atoms with Gasteiger partial charge in [0.05, 0.1) is 11.0 Å². The van der Waals surface area contributed by atoms with Crippen LogP contribution < -0.4 is 5.32 Å². The van der Waals surface area contributed by atoms with E-state index >= 15 is 0 Å². The summed E-state index contributed by atoms with van der Waals surface area (Å²) in [5, 5.41) is 2.88. The highest BCUT2D eigenvalue weighted by molar-refractivity contribution is 7.92. The first-order valence-corrected chi connectivity index (χ1v) is 7.27. The Morgan fingerprint density at radius 3 is 2.62 bits per heavy atom. The van der Waals surface area contributed by atoms with Gasteiger partial charge in [-0.3, -0.25) is 0 Å². The first-order valence-electron chi connectivity index (χ1n) is 5.56. The van der Waals surface area contributed by atoms with Crippen molar-refractivity contribution < 1.29 is 8.42 Å². The molecule has 1 N–H and O–H groups in total. The van der Waals surface area contributed by atoms with Crippen molar-refractivity contribution in [3.05, 3.63) is 35.4 Å². The Hall–Kier alpha value is -0.870. The van der Waals surface area contributed by atoms with E-state index in [4.69, 9.17) is 0 Å². The van der Waals surface area contributed by atoms with E-state index in [1.807, 2.05) is 31.2 Å². The Morgan fingerprint density at radius 1 is 1.31 bits per heavy atom. The minimum atomic E-state index is -2.89. The highest BCUT2D eigenvalue weighted by atomic mass is 32.2. The summed E-state index contributed by atoms with van der Waals surface area (Å²) in [6, 6.07) is 8.08. The second kappa shape index (κ2) is 4.55. The lowest BCUT2D eigenvalue weighted by molar-refractivity contribution is 0.544. The molecule has 1 aromatic carbocycles. The van der Waals surface area contributed by atoms with E-state index in [0.29, 0.717) is 19.5 Å². The van der Waals surface area contributed by atoms with Crippen LogP contribution in [0.3, 0.4) is 0 Å². The van der Waals surface area contributed by atoms with Crippen molar-refractivity contribution in [3.8, 4) is 0 Å². The molecule has 1 heterocycles. The van der Waals surface area contributed by atoms with Crippen LogP contribution in [-0.2, 0) is 16.3 Å². The summed E-state index contributed by atoms with van der Waals surface area (Å²) in [5.41, 5.74) is 2.30. The van der Waals surface area contributed by atoms with E-state index in [9.17, 15) is 8.42 Å². The van der Waals surface area contributed by atoms with Crippen LogP contribution in [0, 0.1) is 6.92 Å². The Morgan fingerprint density at radius 2 is 2.00 bits per heavy atom. The lowest BCUT2D eigenvalue weighted by Crippen LogP contribution is -2.44. The summed E-state index contributed by atoms with van der Waals surface area (Å²) in [5.74, 6) is 0.267. The minimum Gasteiger partial charge on any atom is -0.314 e. The molecule has 1 aromatic rings. The molecule has 1 saturated heterocycles. The van der Waals surface area contributed by atoms with Gasteiger partial charge in [-0.25, -0.2) is 8.42 Å². The van der Waals surface area contributed by atoms with Crippen molar-refractivity contribution in [2.24, 2.45) is 0 Å². The standard InChI is InChI=1S/C12H17NO2S/c1-10-2-4-11(5-3-10)8-12-9-13-6-7-16(12,14)15/h2-5,12-13H,6-9H2,1H3. The van der Waals surface area contributed by atoms with Gasteiger partial charge in [0.1, 0.15) is 0 Å².